The Morgan fingerprint density at radius 1 is 0.909 bits per heavy atom. The average molecular weight is 296 g/mol. The van der Waals surface area contributed by atoms with E-state index in [1.807, 2.05) is 36.4 Å². The fourth-order valence-electron chi connectivity index (χ4n) is 2.20. The van der Waals surface area contributed by atoms with Crippen molar-refractivity contribution in [1.82, 2.24) is 0 Å². The maximum Gasteiger partial charge on any atom is 0.0735 e. The Hall–Kier alpha value is -1.90. The molecule has 2 aromatic carbocycles. The highest BCUT2D eigenvalue weighted by atomic mass is 16.5. The first-order valence-corrected chi connectivity index (χ1v) is 7.68. The molecule has 116 valence electrons. The van der Waals surface area contributed by atoms with Crippen LogP contribution in [0.2, 0.25) is 0 Å². The highest BCUT2D eigenvalue weighted by Crippen LogP contribution is 2.07. The zero-order valence-corrected chi connectivity index (χ0v) is 13.4. The van der Waals surface area contributed by atoms with E-state index in [4.69, 9.17) is 9.47 Å². The second-order valence-corrected chi connectivity index (χ2v) is 5.49. The van der Waals surface area contributed by atoms with Crippen LogP contribution < -0.4 is 0 Å². The molecule has 2 rings (SSSR count). The Balaban J connectivity index is 1.69. The van der Waals surface area contributed by atoms with Gasteiger partial charge < -0.3 is 9.47 Å². The monoisotopic (exact) mass is 296 g/mol. The van der Waals surface area contributed by atoms with Crippen molar-refractivity contribution in [3.05, 3.63) is 83.4 Å². The molecule has 2 heteroatoms. The fraction of sp³-hybridized carbons (Fsp3) is 0.300. The third-order valence-electron chi connectivity index (χ3n) is 3.32. The van der Waals surface area contributed by atoms with Crippen LogP contribution in [0.4, 0.5) is 0 Å². The van der Waals surface area contributed by atoms with E-state index in [-0.39, 0.29) is 6.10 Å². The van der Waals surface area contributed by atoms with E-state index in [9.17, 15) is 0 Å². The fourth-order valence-corrected chi connectivity index (χ4v) is 2.20. The second-order valence-electron chi connectivity index (χ2n) is 5.49. The Morgan fingerprint density at radius 3 is 2.05 bits per heavy atom. The minimum absolute atomic E-state index is 0.0838. The van der Waals surface area contributed by atoms with Gasteiger partial charge in [-0.15, -0.1) is 0 Å². The molecule has 0 N–H and O–H groups in total. The quantitative estimate of drug-likeness (QED) is 0.654. The minimum atomic E-state index is 0.0838. The number of rotatable bonds is 8. The average Bonchev–Trinajstić information content (AvgIpc) is 2.55. The molecule has 0 aliphatic carbocycles. The van der Waals surface area contributed by atoms with Crippen molar-refractivity contribution >= 4 is 0 Å². The molecular weight excluding hydrogens is 272 g/mol. The number of hydrogen-bond acceptors (Lipinski definition) is 2. The summed E-state index contributed by atoms with van der Waals surface area (Å²) in [5, 5.41) is 0. The summed E-state index contributed by atoms with van der Waals surface area (Å²) in [5.74, 6) is 0. The zero-order chi connectivity index (χ0) is 15.6. The van der Waals surface area contributed by atoms with Gasteiger partial charge in [-0.05, 0) is 30.5 Å². The molecule has 0 unspecified atom stereocenters. The molecule has 0 amide bonds. The number of benzene rings is 2. The van der Waals surface area contributed by atoms with E-state index in [1.54, 1.807) is 0 Å². The molecule has 2 nitrogen and oxygen atoms in total. The molecule has 0 fully saturated rings. The van der Waals surface area contributed by atoms with E-state index in [0.29, 0.717) is 19.8 Å². The topological polar surface area (TPSA) is 18.5 Å². The van der Waals surface area contributed by atoms with Gasteiger partial charge in [0, 0.05) is 0 Å². The van der Waals surface area contributed by atoms with Crippen molar-refractivity contribution in [3.8, 4) is 0 Å². The summed E-state index contributed by atoms with van der Waals surface area (Å²) in [6, 6.07) is 20.4. The summed E-state index contributed by atoms with van der Waals surface area (Å²) < 4.78 is 11.6. The van der Waals surface area contributed by atoms with E-state index < -0.39 is 0 Å². The predicted octanol–water partition coefficient (Wildman–Crippen LogP) is 4.75. The lowest BCUT2D eigenvalue weighted by molar-refractivity contribution is 0.0818. The van der Waals surface area contributed by atoms with Crippen molar-refractivity contribution in [2.45, 2.75) is 33.2 Å². The first-order chi connectivity index (χ1) is 10.7. The molecule has 22 heavy (non-hydrogen) atoms. The van der Waals surface area contributed by atoms with Gasteiger partial charge in [-0.2, -0.15) is 0 Å². The largest absolute Gasteiger partial charge is 0.372 e. The van der Waals surface area contributed by atoms with Crippen molar-refractivity contribution in [1.29, 1.82) is 0 Å². The smallest absolute Gasteiger partial charge is 0.0735 e. The summed E-state index contributed by atoms with van der Waals surface area (Å²) in [6.45, 7) is 6.05. The maximum atomic E-state index is 5.83. The molecule has 0 aliphatic rings. The number of hydrogen-bond donors (Lipinski definition) is 0. The molecule has 0 aliphatic heterocycles. The first kappa shape index (κ1) is 16.5. The van der Waals surface area contributed by atoms with Crippen LogP contribution in [-0.4, -0.2) is 12.7 Å². The van der Waals surface area contributed by atoms with Crippen LogP contribution in [0.1, 0.15) is 25.0 Å². The summed E-state index contributed by atoms with van der Waals surface area (Å²) in [5.41, 5.74) is 3.58. The second kappa shape index (κ2) is 9.19. The van der Waals surface area contributed by atoms with Gasteiger partial charge in [0.2, 0.25) is 0 Å². The standard InChI is InChI=1S/C20H24O2/c1-17(14-21-15-19-9-5-3-6-10-19)13-18(2)22-16-20-11-7-4-8-12-20/h3-13,18H,14-16H2,1-2H3/b17-13+/t18-/m1/s1. The molecule has 2 aromatic rings. The maximum absolute atomic E-state index is 5.83. The summed E-state index contributed by atoms with van der Waals surface area (Å²) in [4.78, 5) is 0. The molecule has 0 radical (unpaired) electrons. The van der Waals surface area contributed by atoms with Gasteiger partial charge in [0.1, 0.15) is 0 Å². The van der Waals surface area contributed by atoms with E-state index in [1.165, 1.54) is 16.7 Å². The highest BCUT2D eigenvalue weighted by molar-refractivity contribution is 5.14. The lowest BCUT2D eigenvalue weighted by atomic mass is 10.2. The molecule has 0 bridgehead atoms. The SMILES string of the molecule is C/C(=C\[C@@H](C)OCc1ccccc1)COCc1ccccc1. The van der Waals surface area contributed by atoms with Crippen molar-refractivity contribution in [2.24, 2.45) is 0 Å². The molecule has 0 saturated heterocycles. The number of ether oxygens (including phenoxy) is 2. The van der Waals surface area contributed by atoms with Crippen molar-refractivity contribution in [2.75, 3.05) is 6.61 Å². The van der Waals surface area contributed by atoms with Gasteiger partial charge in [-0.3, -0.25) is 0 Å². The zero-order valence-electron chi connectivity index (χ0n) is 13.4. The Bertz CT molecular complexity index is 561. The van der Waals surface area contributed by atoms with Gasteiger partial charge in [-0.25, -0.2) is 0 Å². The predicted molar refractivity (Wildman–Crippen MR) is 90.5 cm³/mol. The summed E-state index contributed by atoms with van der Waals surface area (Å²) >= 11 is 0. The molecular formula is C20H24O2. The minimum Gasteiger partial charge on any atom is -0.372 e. The Kier molecular flexibility index (Phi) is 6.88. The molecule has 0 saturated carbocycles. The van der Waals surface area contributed by atoms with Gasteiger partial charge >= 0.3 is 0 Å². The Labute approximate surface area is 133 Å². The summed E-state index contributed by atoms with van der Waals surface area (Å²) in [6.07, 6.45) is 2.20. The third-order valence-corrected chi connectivity index (χ3v) is 3.32. The van der Waals surface area contributed by atoms with Gasteiger partial charge in [0.25, 0.3) is 0 Å². The van der Waals surface area contributed by atoms with E-state index >= 15 is 0 Å². The lowest BCUT2D eigenvalue weighted by Gasteiger charge is -2.11. The third kappa shape index (κ3) is 6.25. The normalized spacial score (nSPS) is 13.1. The molecule has 1 atom stereocenters. The van der Waals surface area contributed by atoms with Crippen molar-refractivity contribution in [3.63, 3.8) is 0 Å². The van der Waals surface area contributed by atoms with Crippen molar-refractivity contribution < 1.29 is 9.47 Å². The molecule has 0 aromatic heterocycles. The van der Waals surface area contributed by atoms with Crippen LogP contribution in [-0.2, 0) is 22.7 Å². The summed E-state index contributed by atoms with van der Waals surface area (Å²) in [7, 11) is 0. The van der Waals surface area contributed by atoms with Gasteiger partial charge in [0.15, 0.2) is 0 Å². The van der Waals surface area contributed by atoms with E-state index in [0.717, 1.165) is 0 Å². The molecule has 0 heterocycles. The highest BCUT2D eigenvalue weighted by Gasteiger charge is 2.01. The van der Waals surface area contributed by atoms with Gasteiger partial charge in [-0.1, -0.05) is 66.7 Å². The van der Waals surface area contributed by atoms with Crippen LogP contribution >= 0.6 is 0 Å². The first-order valence-electron chi connectivity index (χ1n) is 7.68. The lowest BCUT2D eigenvalue weighted by Crippen LogP contribution is -2.07. The van der Waals surface area contributed by atoms with Crippen LogP contribution in [0, 0.1) is 0 Å². The Morgan fingerprint density at radius 2 is 1.45 bits per heavy atom. The molecule has 0 spiro atoms. The van der Waals surface area contributed by atoms with Gasteiger partial charge in [0.05, 0.1) is 25.9 Å². The van der Waals surface area contributed by atoms with Crippen LogP contribution in [0.3, 0.4) is 0 Å². The van der Waals surface area contributed by atoms with Crippen LogP contribution in [0.25, 0.3) is 0 Å². The van der Waals surface area contributed by atoms with E-state index in [2.05, 4.69) is 44.2 Å². The van der Waals surface area contributed by atoms with Crippen LogP contribution in [0.5, 0.6) is 0 Å². The van der Waals surface area contributed by atoms with Crippen LogP contribution in [0.15, 0.2) is 72.3 Å².